The number of nitriles is 1. The Kier molecular flexibility index (Phi) is 7.75. The molecule has 0 saturated heterocycles. The molecule has 41 heavy (non-hydrogen) atoms. The van der Waals surface area contributed by atoms with E-state index in [0.29, 0.717) is 34.2 Å². The monoisotopic (exact) mass is 562 g/mol. The predicted molar refractivity (Wildman–Crippen MR) is 151 cm³/mol. The van der Waals surface area contributed by atoms with E-state index in [0.717, 1.165) is 47.3 Å². The largest absolute Gasteiger partial charge is 0.600 e. The van der Waals surface area contributed by atoms with Gasteiger partial charge in [0, 0.05) is 16.5 Å². The van der Waals surface area contributed by atoms with Crippen LogP contribution in [0.4, 0.5) is 35.9 Å². The van der Waals surface area contributed by atoms with Gasteiger partial charge in [0.05, 0.1) is 29.2 Å². The van der Waals surface area contributed by atoms with Crippen LogP contribution in [0.3, 0.4) is 0 Å². The lowest BCUT2D eigenvalue weighted by Crippen LogP contribution is -2.30. The SMILES string of the molecule is CCCc1cc(N(CC(F)(F)F)c2ccc(-c3ccc4c(c3)NC=C(/N=[N+](/C)[O-])N4)cc2)cc(C#N)c1OC1CC1. The van der Waals surface area contributed by atoms with Crippen molar-refractivity contribution in [2.75, 3.05) is 29.1 Å². The molecule has 0 atom stereocenters. The minimum Gasteiger partial charge on any atom is -0.600 e. The molecule has 1 fully saturated rings. The minimum absolute atomic E-state index is 0.0598. The van der Waals surface area contributed by atoms with Crippen LogP contribution in [0.15, 0.2) is 71.7 Å². The van der Waals surface area contributed by atoms with Crippen molar-refractivity contribution in [2.45, 2.75) is 44.9 Å². The molecule has 5 rings (SSSR count). The van der Waals surface area contributed by atoms with Crippen LogP contribution in [-0.4, -0.2) is 30.7 Å². The van der Waals surface area contributed by atoms with E-state index in [1.54, 1.807) is 36.5 Å². The molecule has 11 heteroatoms. The second-order valence-corrected chi connectivity index (χ2v) is 10.0. The fourth-order valence-electron chi connectivity index (χ4n) is 4.68. The Morgan fingerprint density at radius 1 is 1.07 bits per heavy atom. The first-order valence-electron chi connectivity index (χ1n) is 13.3. The number of azo groups is 1. The zero-order valence-corrected chi connectivity index (χ0v) is 22.6. The van der Waals surface area contributed by atoms with Gasteiger partial charge in [-0.05, 0) is 72.4 Å². The van der Waals surface area contributed by atoms with Crippen molar-refractivity contribution in [3.63, 3.8) is 0 Å². The summed E-state index contributed by atoms with van der Waals surface area (Å²) in [7, 11) is 1.28. The number of rotatable bonds is 9. The first-order valence-corrected chi connectivity index (χ1v) is 13.3. The quantitative estimate of drug-likeness (QED) is 0.158. The van der Waals surface area contributed by atoms with Gasteiger partial charge in [-0.15, -0.1) is 0 Å². The van der Waals surface area contributed by atoms with Gasteiger partial charge in [0.25, 0.3) is 0 Å². The van der Waals surface area contributed by atoms with E-state index in [4.69, 9.17) is 4.74 Å². The van der Waals surface area contributed by atoms with Crippen molar-refractivity contribution in [2.24, 2.45) is 5.11 Å². The lowest BCUT2D eigenvalue weighted by atomic mass is 10.0. The molecule has 3 aromatic rings. The molecule has 8 nitrogen and oxygen atoms in total. The highest BCUT2D eigenvalue weighted by Crippen LogP contribution is 2.39. The number of benzene rings is 3. The van der Waals surface area contributed by atoms with Gasteiger partial charge in [-0.2, -0.15) is 18.4 Å². The molecule has 0 amide bonds. The molecule has 3 aromatic carbocycles. The number of aryl methyl sites for hydroxylation is 1. The molecule has 2 aliphatic rings. The van der Waals surface area contributed by atoms with Gasteiger partial charge in [0.15, 0.2) is 7.05 Å². The summed E-state index contributed by atoms with van der Waals surface area (Å²) in [6.45, 7) is 0.770. The number of nitrogens with zero attached hydrogens (tertiary/aromatic N) is 4. The Balaban J connectivity index is 1.46. The molecule has 1 aliphatic carbocycles. The van der Waals surface area contributed by atoms with Crippen LogP contribution in [0.1, 0.15) is 37.3 Å². The van der Waals surface area contributed by atoms with Crippen molar-refractivity contribution in [1.82, 2.24) is 0 Å². The molecular weight excluding hydrogens is 533 g/mol. The van der Waals surface area contributed by atoms with Crippen LogP contribution in [0, 0.1) is 16.5 Å². The summed E-state index contributed by atoms with van der Waals surface area (Å²) >= 11 is 0. The highest BCUT2D eigenvalue weighted by molar-refractivity contribution is 5.81. The van der Waals surface area contributed by atoms with Gasteiger partial charge in [-0.1, -0.05) is 36.4 Å². The molecule has 0 unspecified atom stereocenters. The first kappa shape index (κ1) is 27.8. The Hall–Kier alpha value is -4.72. The van der Waals surface area contributed by atoms with Crippen molar-refractivity contribution >= 4 is 22.7 Å². The fraction of sp³-hybridized carbons (Fsp3) is 0.300. The summed E-state index contributed by atoms with van der Waals surface area (Å²) in [4.78, 5) is 1.64. The van der Waals surface area contributed by atoms with E-state index < -0.39 is 12.7 Å². The van der Waals surface area contributed by atoms with Gasteiger partial charge in [0.2, 0.25) is 5.82 Å². The van der Waals surface area contributed by atoms with Crippen molar-refractivity contribution in [3.8, 4) is 22.9 Å². The van der Waals surface area contributed by atoms with Gasteiger partial charge in [0.1, 0.15) is 18.4 Å². The Morgan fingerprint density at radius 3 is 2.44 bits per heavy atom. The summed E-state index contributed by atoms with van der Waals surface area (Å²) in [5.74, 6) is 0.847. The Bertz CT molecular complexity index is 1540. The normalized spacial score (nSPS) is 14.7. The van der Waals surface area contributed by atoms with Gasteiger partial charge >= 0.3 is 6.18 Å². The molecule has 0 aromatic heterocycles. The number of nitrogens with one attached hydrogen (secondary N) is 2. The van der Waals surface area contributed by atoms with Crippen LogP contribution >= 0.6 is 0 Å². The van der Waals surface area contributed by atoms with Crippen LogP contribution in [-0.2, 0) is 6.42 Å². The lowest BCUT2D eigenvalue weighted by molar-refractivity contribution is -0.495. The molecule has 1 aliphatic heterocycles. The summed E-state index contributed by atoms with van der Waals surface area (Å²) in [6, 6.07) is 17.8. The van der Waals surface area contributed by atoms with Crippen molar-refractivity contribution in [1.29, 1.82) is 5.26 Å². The average Bonchev–Trinajstić information content (AvgIpc) is 3.76. The molecule has 0 spiro atoms. The van der Waals surface area contributed by atoms with Crippen LogP contribution in [0.5, 0.6) is 5.75 Å². The molecule has 1 saturated carbocycles. The number of alkyl halides is 3. The van der Waals surface area contributed by atoms with Crippen molar-refractivity contribution < 1.29 is 22.8 Å². The highest BCUT2D eigenvalue weighted by Gasteiger charge is 2.33. The number of hydrogen-bond donors (Lipinski definition) is 2. The number of ether oxygens (including phenoxy) is 1. The second-order valence-electron chi connectivity index (χ2n) is 10.0. The number of hydroxylamine groups is 1. The third-order valence-corrected chi connectivity index (χ3v) is 6.66. The maximum absolute atomic E-state index is 13.8. The van der Waals surface area contributed by atoms with E-state index in [9.17, 15) is 23.6 Å². The summed E-state index contributed by atoms with van der Waals surface area (Å²) in [6.07, 6.45) is 0.323. The maximum Gasteiger partial charge on any atom is 0.406 e. The molecule has 0 bridgehead atoms. The molecule has 2 N–H and O–H groups in total. The Labute approximate surface area is 235 Å². The van der Waals surface area contributed by atoms with Gasteiger partial charge in [-0.3, -0.25) is 0 Å². The van der Waals surface area contributed by atoms with Crippen LogP contribution in [0.2, 0.25) is 0 Å². The van der Waals surface area contributed by atoms with Crippen molar-refractivity contribution in [3.05, 3.63) is 83.0 Å². The second kappa shape index (κ2) is 11.4. The maximum atomic E-state index is 13.8. The molecule has 212 valence electrons. The average molecular weight is 563 g/mol. The lowest BCUT2D eigenvalue weighted by Gasteiger charge is -2.28. The summed E-state index contributed by atoms with van der Waals surface area (Å²) in [5.41, 5.74) is 4.76. The van der Waals surface area contributed by atoms with E-state index >= 15 is 0 Å². The van der Waals surface area contributed by atoms with E-state index in [-0.39, 0.29) is 11.7 Å². The first-order chi connectivity index (χ1) is 19.6. The predicted octanol–water partition coefficient (Wildman–Crippen LogP) is 7.65. The third kappa shape index (κ3) is 6.72. The zero-order valence-electron chi connectivity index (χ0n) is 22.6. The molecular formula is C30H29F3N6O2. The van der Waals surface area contributed by atoms with E-state index in [1.165, 1.54) is 18.0 Å². The van der Waals surface area contributed by atoms with E-state index in [2.05, 4.69) is 21.8 Å². The fourth-order valence-corrected chi connectivity index (χ4v) is 4.68. The summed E-state index contributed by atoms with van der Waals surface area (Å²) < 4.78 is 47.4. The smallest absolute Gasteiger partial charge is 0.406 e. The topological polar surface area (TPSA) is 98.8 Å². The minimum atomic E-state index is -4.48. The summed E-state index contributed by atoms with van der Waals surface area (Å²) in [5, 5.41) is 31.0. The number of halogens is 3. The van der Waals surface area contributed by atoms with Crippen LogP contribution < -0.4 is 20.3 Å². The number of fused-ring (bicyclic) bond motifs is 1. The number of hydrogen-bond acceptors (Lipinski definition) is 7. The van der Waals surface area contributed by atoms with E-state index in [1.807, 2.05) is 25.1 Å². The Morgan fingerprint density at radius 2 is 1.80 bits per heavy atom. The standard InChI is InChI=1S/C30H29F3N6O2/c1-3-4-21-13-24(14-22(16-34)29(21)41-25-10-11-25)39(18-30(31,32)33)23-8-5-19(6-9-23)20-7-12-26-27(15-20)35-17-28(36-26)37-38(2)40/h5-9,12-15,17,25,35-36H,3-4,10-11,18H2,1-2H3/b38-37-. The van der Waals surface area contributed by atoms with Crippen LogP contribution in [0.25, 0.3) is 11.1 Å². The van der Waals surface area contributed by atoms with Gasteiger partial charge < -0.3 is 25.5 Å². The molecule has 1 heterocycles. The number of anilines is 4. The zero-order chi connectivity index (χ0) is 29.1. The third-order valence-electron chi connectivity index (χ3n) is 6.66. The molecule has 0 radical (unpaired) electrons. The highest BCUT2D eigenvalue weighted by atomic mass is 19.4. The van der Waals surface area contributed by atoms with Gasteiger partial charge in [-0.25, -0.2) is 0 Å².